The van der Waals surface area contributed by atoms with Crippen LogP contribution in [0.15, 0.2) is 18.2 Å². The van der Waals surface area contributed by atoms with Crippen molar-refractivity contribution in [2.45, 2.75) is 19.4 Å². The Kier molecular flexibility index (Phi) is 3.52. The highest BCUT2D eigenvalue weighted by Gasteiger charge is 2.30. The largest absolute Gasteiger partial charge is 0.507 e. The van der Waals surface area contributed by atoms with Crippen molar-refractivity contribution in [2.75, 3.05) is 13.1 Å². The van der Waals surface area contributed by atoms with Gasteiger partial charge in [-0.25, -0.2) is 4.39 Å². The monoisotopic (exact) mass is 252 g/mol. The molecule has 5 heteroatoms. The number of benzene rings is 1. The number of nitrogens with two attached hydrogens (primary N) is 1. The lowest BCUT2D eigenvalue weighted by molar-refractivity contribution is 0.0782. The van der Waals surface area contributed by atoms with Crippen molar-refractivity contribution in [3.05, 3.63) is 29.6 Å². The summed E-state index contributed by atoms with van der Waals surface area (Å²) in [5.74, 6) is -0.787. The van der Waals surface area contributed by atoms with Crippen molar-refractivity contribution >= 4 is 5.91 Å². The molecule has 1 aliphatic heterocycles. The predicted molar refractivity (Wildman–Crippen MR) is 65.7 cm³/mol. The Hall–Kier alpha value is -1.62. The van der Waals surface area contributed by atoms with Crippen LogP contribution in [0.1, 0.15) is 23.7 Å². The highest BCUT2D eigenvalue weighted by atomic mass is 19.1. The Bertz CT molecular complexity index is 462. The van der Waals surface area contributed by atoms with Gasteiger partial charge < -0.3 is 15.7 Å². The molecule has 1 heterocycles. The summed E-state index contributed by atoms with van der Waals surface area (Å²) in [6.07, 6.45) is 0.847. The predicted octanol–water partition coefficient (Wildman–Crippen LogP) is 1.34. The Balaban J connectivity index is 2.15. The Labute approximate surface area is 105 Å². The Morgan fingerprint density at radius 3 is 2.94 bits per heavy atom. The van der Waals surface area contributed by atoms with Crippen LogP contribution in [0, 0.1) is 11.7 Å². The summed E-state index contributed by atoms with van der Waals surface area (Å²) in [7, 11) is 0. The van der Waals surface area contributed by atoms with Gasteiger partial charge in [0.05, 0.1) is 5.56 Å². The van der Waals surface area contributed by atoms with E-state index in [2.05, 4.69) is 0 Å². The van der Waals surface area contributed by atoms with Crippen molar-refractivity contribution < 1.29 is 14.3 Å². The molecule has 1 saturated heterocycles. The summed E-state index contributed by atoms with van der Waals surface area (Å²) >= 11 is 0. The molecular weight excluding hydrogens is 235 g/mol. The van der Waals surface area contributed by atoms with Crippen LogP contribution in [0.2, 0.25) is 0 Å². The molecular formula is C13H17FN2O2. The minimum absolute atomic E-state index is 0.0142. The maximum atomic E-state index is 13.1. The third-order valence-corrected chi connectivity index (χ3v) is 3.44. The van der Waals surface area contributed by atoms with Crippen molar-refractivity contribution in [3.8, 4) is 5.75 Å². The van der Waals surface area contributed by atoms with Crippen LogP contribution in [-0.2, 0) is 0 Å². The maximum absolute atomic E-state index is 13.1. The van der Waals surface area contributed by atoms with Gasteiger partial charge in [-0.2, -0.15) is 0 Å². The van der Waals surface area contributed by atoms with E-state index in [0.29, 0.717) is 13.1 Å². The van der Waals surface area contributed by atoms with Crippen LogP contribution in [0.5, 0.6) is 5.75 Å². The number of hydrogen-bond donors (Lipinski definition) is 2. The number of aromatic hydroxyl groups is 1. The Morgan fingerprint density at radius 2 is 2.33 bits per heavy atom. The van der Waals surface area contributed by atoms with Crippen LogP contribution >= 0.6 is 0 Å². The van der Waals surface area contributed by atoms with Crippen molar-refractivity contribution in [1.29, 1.82) is 0 Å². The first kappa shape index (κ1) is 12.8. The fourth-order valence-corrected chi connectivity index (χ4v) is 2.25. The molecule has 0 saturated carbocycles. The molecule has 4 nitrogen and oxygen atoms in total. The fraction of sp³-hybridized carbons (Fsp3) is 0.462. The summed E-state index contributed by atoms with van der Waals surface area (Å²) in [6.45, 7) is 3.08. The van der Waals surface area contributed by atoms with Gasteiger partial charge in [-0.15, -0.1) is 0 Å². The second-order valence-corrected chi connectivity index (χ2v) is 4.82. The average molecular weight is 252 g/mol. The minimum Gasteiger partial charge on any atom is -0.507 e. The molecule has 2 atom stereocenters. The highest BCUT2D eigenvalue weighted by molar-refractivity contribution is 5.97. The second kappa shape index (κ2) is 4.94. The highest BCUT2D eigenvalue weighted by Crippen LogP contribution is 2.24. The normalized spacial score (nSPS) is 21.1. The molecule has 2 unspecified atom stereocenters. The van der Waals surface area contributed by atoms with Crippen LogP contribution in [-0.4, -0.2) is 35.0 Å². The van der Waals surface area contributed by atoms with Gasteiger partial charge in [-0.3, -0.25) is 4.79 Å². The number of carbonyl (C=O) groups is 1. The van der Waals surface area contributed by atoms with Gasteiger partial charge in [0.25, 0.3) is 5.91 Å². The van der Waals surface area contributed by atoms with E-state index in [-0.39, 0.29) is 29.2 Å². The van der Waals surface area contributed by atoms with E-state index in [0.717, 1.165) is 18.6 Å². The molecule has 0 aromatic heterocycles. The smallest absolute Gasteiger partial charge is 0.257 e. The first-order chi connectivity index (χ1) is 8.49. The first-order valence-electron chi connectivity index (χ1n) is 6.02. The number of phenolic OH excluding ortho intramolecular Hbond substituents is 1. The third kappa shape index (κ3) is 2.46. The standard InChI is InChI=1S/C13H17FN2O2/c1-8(15)9-4-5-16(7-9)13(18)11-6-10(14)2-3-12(11)17/h2-3,6,8-9,17H,4-5,7,15H2,1H3. The van der Waals surface area contributed by atoms with Crippen LogP contribution in [0.4, 0.5) is 4.39 Å². The van der Waals surface area contributed by atoms with Gasteiger partial charge in [-0.05, 0) is 37.5 Å². The molecule has 1 amide bonds. The Morgan fingerprint density at radius 1 is 1.61 bits per heavy atom. The lowest BCUT2D eigenvalue weighted by atomic mass is 10.0. The second-order valence-electron chi connectivity index (χ2n) is 4.82. The van der Waals surface area contributed by atoms with Crippen molar-refractivity contribution in [2.24, 2.45) is 11.7 Å². The number of rotatable bonds is 2. The van der Waals surface area contributed by atoms with Gasteiger partial charge >= 0.3 is 0 Å². The van der Waals surface area contributed by atoms with Crippen LogP contribution in [0.25, 0.3) is 0 Å². The summed E-state index contributed by atoms with van der Waals surface area (Å²) < 4.78 is 13.1. The topological polar surface area (TPSA) is 66.6 Å². The molecule has 1 aliphatic rings. The van der Waals surface area contributed by atoms with E-state index in [1.165, 1.54) is 6.07 Å². The van der Waals surface area contributed by atoms with E-state index in [1.807, 2.05) is 6.92 Å². The SMILES string of the molecule is CC(N)C1CCN(C(=O)c2cc(F)ccc2O)C1. The lowest BCUT2D eigenvalue weighted by Gasteiger charge is -2.18. The van der Waals surface area contributed by atoms with Gasteiger partial charge in [0.1, 0.15) is 11.6 Å². The third-order valence-electron chi connectivity index (χ3n) is 3.44. The number of nitrogens with zero attached hydrogens (tertiary/aromatic N) is 1. The molecule has 0 aliphatic carbocycles. The fourth-order valence-electron chi connectivity index (χ4n) is 2.25. The molecule has 0 radical (unpaired) electrons. The summed E-state index contributed by atoms with van der Waals surface area (Å²) in [5.41, 5.74) is 5.82. The van der Waals surface area contributed by atoms with E-state index in [1.54, 1.807) is 4.90 Å². The molecule has 98 valence electrons. The van der Waals surface area contributed by atoms with E-state index >= 15 is 0 Å². The summed E-state index contributed by atoms with van der Waals surface area (Å²) in [5, 5.41) is 9.60. The zero-order valence-electron chi connectivity index (χ0n) is 10.3. The number of amides is 1. The van der Waals surface area contributed by atoms with Crippen LogP contribution in [0.3, 0.4) is 0 Å². The van der Waals surface area contributed by atoms with E-state index < -0.39 is 5.82 Å². The number of phenols is 1. The minimum atomic E-state index is -0.529. The lowest BCUT2D eigenvalue weighted by Crippen LogP contribution is -2.33. The molecule has 18 heavy (non-hydrogen) atoms. The maximum Gasteiger partial charge on any atom is 0.257 e. The van der Waals surface area contributed by atoms with Gasteiger partial charge in [0.15, 0.2) is 0 Å². The van der Waals surface area contributed by atoms with Crippen molar-refractivity contribution in [3.63, 3.8) is 0 Å². The molecule has 1 aromatic rings. The van der Waals surface area contributed by atoms with E-state index in [9.17, 15) is 14.3 Å². The average Bonchev–Trinajstić information content (AvgIpc) is 2.81. The molecule has 0 bridgehead atoms. The number of carbonyl (C=O) groups excluding carboxylic acids is 1. The number of halogens is 1. The van der Waals surface area contributed by atoms with Gasteiger partial charge in [0.2, 0.25) is 0 Å². The number of hydrogen-bond acceptors (Lipinski definition) is 3. The van der Waals surface area contributed by atoms with Gasteiger partial charge in [-0.1, -0.05) is 0 Å². The molecule has 1 fully saturated rings. The summed E-state index contributed by atoms with van der Waals surface area (Å²) in [4.78, 5) is 13.8. The zero-order chi connectivity index (χ0) is 13.3. The molecule has 3 N–H and O–H groups in total. The molecule has 1 aromatic carbocycles. The number of likely N-dealkylation sites (tertiary alicyclic amines) is 1. The quantitative estimate of drug-likeness (QED) is 0.834. The summed E-state index contributed by atoms with van der Waals surface area (Å²) in [6, 6.07) is 3.42. The first-order valence-corrected chi connectivity index (χ1v) is 6.02. The molecule has 0 spiro atoms. The van der Waals surface area contributed by atoms with Crippen molar-refractivity contribution in [1.82, 2.24) is 4.90 Å². The van der Waals surface area contributed by atoms with Gasteiger partial charge in [0, 0.05) is 19.1 Å². The van der Waals surface area contributed by atoms with Crippen LogP contribution < -0.4 is 5.73 Å². The zero-order valence-corrected chi connectivity index (χ0v) is 10.3. The van der Waals surface area contributed by atoms with E-state index in [4.69, 9.17) is 5.73 Å². The molecule has 2 rings (SSSR count).